The van der Waals surface area contributed by atoms with Gasteiger partial charge in [-0.1, -0.05) is 0 Å². The highest BCUT2D eigenvalue weighted by Gasteiger charge is 2.23. The summed E-state index contributed by atoms with van der Waals surface area (Å²) in [7, 11) is 1.76. The first-order chi connectivity index (χ1) is 8.81. The second-order valence-electron chi connectivity index (χ2n) is 4.57. The molecule has 0 aromatic rings. The van der Waals surface area contributed by atoms with E-state index in [-0.39, 0.29) is 24.0 Å². The van der Waals surface area contributed by atoms with E-state index in [1.54, 1.807) is 7.11 Å². The third-order valence-corrected chi connectivity index (χ3v) is 3.23. The third kappa shape index (κ3) is 7.31. The van der Waals surface area contributed by atoms with E-state index in [9.17, 15) is 0 Å². The van der Waals surface area contributed by atoms with Crippen LogP contribution in [0.3, 0.4) is 0 Å². The molecule has 0 spiro atoms. The van der Waals surface area contributed by atoms with Crippen LogP contribution in [0, 0.1) is 0 Å². The molecule has 5 nitrogen and oxygen atoms in total. The van der Waals surface area contributed by atoms with Gasteiger partial charge >= 0.3 is 0 Å². The first kappa shape index (κ1) is 18.9. The molecule has 1 atom stereocenters. The maximum Gasteiger partial charge on any atom is 0.191 e. The van der Waals surface area contributed by atoms with E-state index in [0.29, 0.717) is 6.04 Å². The Morgan fingerprint density at radius 3 is 2.58 bits per heavy atom. The molecular weight excluding hydrogens is 355 g/mol. The number of likely N-dealkylation sites (tertiary alicyclic amines) is 1. The number of guanidine groups is 1. The van der Waals surface area contributed by atoms with Crippen molar-refractivity contribution in [2.75, 3.05) is 46.4 Å². The van der Waals surface area contributed by atoms with Crippen LogP contribution >= 0.6 is 24.0 Å². The first-order valence-corrected chi connectivity index (χ1v) is 7.07. The largest absolute Gasteiger partial charge is 0.383 e. The predicted molar refractivity (Wildman–Crippen MR) is 91.5 cm³/mol. The van der Waals surface area contributed by atoms with Crippen molar-refractivity contribution >= 4 is 29.9 Å². The zero-order valence-corrected chi connectivity index (χ0v) is 14.8. The smallest absolute Gasteiger partial charge is 0.191 e. The van der Waals surface area contributed by atoms with Gasteiger partial charge in [0.1, 0.15) is 0 Å². The van der Waals surface area contributed by atoms with Crippen molar-refractivity contribution in [1.82, 2.24) is 15.5 Å². The van der Waals surface area contributed by atoms with E-state index in [2.05, 4.69) is 34.4 Å². The lowest BCUT2D eigenvalue weighted by Gasteiger charge is -2.23. The number of nitrogens with one attached hydrogen (secondary N) is 2. The van der Waals surface area contributed by atoms with Crippen LogP contribution in [-0.2, 0) is 4.74 Å². The van der Waals surface area contributed by atoms with Gasteiger partial charge in [0, 0.05) is 32.8 Å². The molecular formula is C13H29IN4O. The standard InChI is InChI=1S/C13H28N4O.HI/c1-4-14-13(15-5-2)16-11-12-7-6-8-17(12)9-10-18-3;/h12H,4-11H2,1-3H3,(H2,14,15,16);1H. The minimum Gasteiger partial charge on any atom is -0.383 e. The molecule has 1 aliphatic heterocycles. The van der Waals surface area contributed by atoms with E-state index in [1.165, 1.54) is 19.4 Å². The van der Waals surface area contributed by atoms with E-state index in [0.717, 1.165) is 38.7 Å². The van der Waals surface area contributed by atoms with Crippen LogP contribution in [0.15, 0.2) is 4.99 Å². The van der Waals surface area contributed by atoms with Crippen molar-refractivity contribution in [3.8, 4) is 0 Å². The summed E-state index contributed by atoms with van der Waals surface area (Å²) in [6.07, 6.45) is 2.53. The zero-order valence-electron chi connectivity index (χ0n) is 12.4. The maximum atomic E-state index is 5.15. The second-order valence-corrected chi connectivity index (χ2v) is 4.57. The summed E-state index contributed by atoms with van der Waals surface area (Å²) in [6.45, 7) is 9.89. The van der Waals surface area contributed by atoms with Crippen LogP contribution in [0.5, 0.6) is 0 Å². The fourth-order valence-electron chi connectivity index (χ4n) is 2.31. The van der Waals surface area contributed by atoms with Gasteiger partial charge in [0.15, 0.2) is 5.96 Å². The van der Waals surface area contributed by atoms with E-state index >= 15 is 0 Å². The molecule has 0 amide bonds. The van der Waals surface area contributed by atoms with Crippen LogP contribution in [0.25, 0.3) is 0 Å². The van der Waals surface area contributed by atoms with Gasteiger partial charge < -0.3 is 15.4 Å². The van der Waals surface area contributed by atoms with Crippen LogP contribution in [-0.4, -0.2) is 63.3 Å². The van der Waals surface area contributed by atoms with E-state index in [4.69, 9.17) is 4.74 Å². The van der Waals surface area contributed by atoms with Crippen molar-refractivity contribution in [2.24, 2.45) is 4.99 Å². The van der Waals surface area contributed by atoms with Gasteiger partial charge in [-0.15, -0.1) is 24.0 Å². The van der Waals surface area contributed by atoms with E-state index < -0.39 is 0 Å². The van der Waals surface area contributed by atoms with Crippen molar-refractivity contribution in [1.29, 1.82) is 0 Å². The highest BCUT2D eigenvalue weighted by molar-refractivity contribution is 14.0. The van der Waals surface area contributed by atoms with Gasteiger partial charge in [0.25, 0.3) is 0 Å². The molecule has 114 valence electrons. The topological polar surface area (TPSA) is 48.9 Å². The quantitative estimate of drug-likeness (QED) is 0.395. The fraction of sp³-hybridized carbons (Fsp3) is 0.923. The Labute approximate surface area is 134 Å². The molecule has 0 aromatic carbocycles. The number of rotatable bonds is 7. The summed E-state index contributed by atoms with van der Waals surface area (Å²) in [6, 6.07) is 0.576. The number of halogens is 1. The lowest BCUT2D eigenvalue weighted by molar-refractivity contribution is 0.143. The third-order valence-electron chi connectivity index (χ3n) is 3.23. The minimum atomic E-state index is 0. The Morgan fingerprint density at radius 1 is 1.32 bits per heavy atom. The van der Waals surface area contributed by atoms with Crippen LogP contribution in [0.2, 0.25) is 0 Å². The Morgan fingerprint density at radius 2 is 2.00 bits per heavy atom. The summed E-state index contributed by atoms with van der Waals surface area (Å²) in [4.78, 5) is 7.14. The molecule has 2 N–H and O–H groups in total. The lowest BCUT2D eigenvalue weighted by atomic mass is 10.2. The summed E-state index contributed by atoms with van der Waals surface area (Å²) in [5.41, 5.74) is 0. The van der Waals surface area contributed by atoms with Crippen molar-refractivity contribution < 1.29 is 4.74 Å². The average Bonchev–Trinajstić information content (AvgIpc) is 2.81. The predicted octanol–water partition coefficient (Wildman–Crippen LogP) is 1.29. The van der Waals surface area contributed by atoms with Crippen LogP contribution in [0.4, 0.5) is 0 Å². The highest BCUT2D eigenvalue weighted by atomic mass is 127. The summed E-state index contributed by atoms with van der Waals surface area (Å²) in [5.74, 6) is 0.929. The van der Waals surface area contributed by atoms with Gasteiger partial charge in [-0.25, -0.2) is 0 Å². The SMILES string of the molecule is CCNC(=NCC1CCCN1CCOC)NCC.I. The van der Waals surface area contributed by atoms with Gasteiger partial charge in [-0.2, -0.15) is 0 Å². The summed E-state index contributed by atoms with van der Waals surface area (Å²) < 4.78 is 5.15. The minimum absolute atomic E-state index is 0. The monoisotopic (exact) mass is 384 g/mol. The molecule has 1 rings (SSSR count). The second kappa shape index (κ2) is 11.7. The zero-order chi connectivity index (χ0) is 13.2. The van der Waals surface area contributed by atoms with Gasteiger partial charge in [0.2, 0.25) is 0 Å². The summed E-state index contributed by atoms with van der Waals surface area (Å²) >= 11 is 0. The lowest BCUT2D eigenvalue weighted by Crippen LogP contribution is -2.39. The average molecular weight is 384 g/mol. The Balaban J connectivity index is 0.00000324. The summed E-state index contributed by atoms with van der Waals surface area (Å²) in [5, 5.41) is 6.52. The van der Waals surface area contributed by atoms with Crippen molar-refractivity contribution in [2.45, 2.75) is 32.7 Å². The van der Waals surface area contributed by atoms with Gasteiger partial charge in [-0.05, 0) is 33.2 Å². The molecule has 0 radical (unpaired) electrons. The van der Waals surface area contributed by atoms with Crippen LogP contribution < -0.4 is 10.6 Å². The van der Waals surface area contributed by atoms with Crippen molar-refractivity contribution in [3.05, 3.63) is 0 Å². The molecule has 0 aromatic heterocycles. The number of hydrogen-bond acceptors (Lipinski definition) is 3. The maximum absolute atomic E-state index is 5.15. The molecule has 6 heteroatoms. The highest BCUT2D eigenvalue weighted by Crippen LogP contribution is 2.16. The molecule has 0 saturated carbocycles. The Bertz CT molecular complexity index is 243. The Hall–Kier alpha value is -0.0800. The molecule has 19 heavy (non-hydrogen) atoms. The molecule has 1 saturated heterocycles. The number of ether oxygens (including phenoxy) is 1. The molecule has 1 unspecified atom stereocenters. The molecule has 0 aliphatic carbocycles. The van der Waals surface area contributed by atoms with Crippen LogP contribution in [0.1, 0.15) is 26.7 Å². The van der Waals surface area contributed by atoms with Crippen molar-refractivity contribution in [3.63, 3.8) is 0 Å². The number of methoxy groups -OCH3 is 1. The first-order valence-electron chi connectivity index (χ1n) is 7.07. The molecule has 1 aliphatic rings. The van der Waals surface area contributed by atoms with Gasteiger partial charge in [-0.3, -0.25) is 9.89 Å². The number of nitrogens with zero attached hydrogens (tertiary/aromatic N) is 2. The van der Waals surface area contributed by atoms with Gasteiger partial charge in [0.05, 0.1) is 13.2 Å². The van der Waals surface area contributed by atoms with E-state index in [1.807, 2.05) is 0 Å². The Kier molecular flexibility index (Phi) is 11.7. The molecule has 1 fully saturated rings. The molecule has 1 heterocycles. The molecule has 0 bridgehead atoms. The number of aliphatic imine (C=N–C) groups is 1. The fourth-order valence-corrected chi connectivity index (χ4v) is 2.31. The normalized spacial score (nSPS) is 18.8. The number of hydrogen-bond donors (Lipinski definition) is 2.